The topological polar surface area (TPSA) is 22.1 Å². The number of pyridine rings is 1. The van der Waals surface area contributed by atoms with Crippen LogP contribution in [-0.4, -0.2) is 17.3 Å². The van der Waals surface area contributed by atoms with Gasteiger partial charge in [-0.25, -0.2) is 0 Å². The zero-order chi connectivity index (χ0) is 10.8. The summed E-state index contributed by atoms with van der Waals surface area (Å²) >= 11 is 0. The molecule has 0 aliphatic rings. The summed E-state index contributed by atoms with van der Waals surface area (Å²) in [7, 11) is 0. The van der Waals surface area contributed by atoms with Crippen LogP contribution in [0.5, 0.6) is 5.88 Å². The Kier molecular flexibility index (Phi) is 2.93. The zero-order valence-corrected chi connectivity index (χ0v) is 7.18. The highest BCUT2D eigenvalue weighted by atomic mass is 19.4. The predicted octanol–water partition coefficient (Wildman–Crippen LogP) is 2.55. The Hall–Kier alpha value is -1.33. The Morgan fingerprint density at radius 2 is 2.00 bits per heavy atom. The molecule has 78 valence electrons. The van der Waals surface area contributed by atoms with Gasteiger partial charge < -0.3 is 4.74 Å². The Morgan fingerprint density at radius 3 is 2.50 bits per heavy atom. The van der Waals surface area contributed by atoms with Gasteiger partial charge in [0.25, 0.3) is 0 Å². The number of hydrogen-bond acceptors (Lipinski definition) is 2. The SMILES string of the molecule is CC(Oc1cccc(F)n1)C(F)(F)F. The van der Waals surface area contributed by atoms with Crippen LogP contribution in [0.4, 0.5) is 17.6 Å². The summed E-state index contributed by atoms with van der Waals surface area (Å²) in [5, 5.41) is 0. The first-order valence-corrected chi connectivity index (χ1v) is 3.75. The average Bonchev–Trinajstić information content (AvgIpc) is 2.02. The summed E-state index contributed by atoms with van der Waals surface area (Å²) in [4.78, 5) is 3.14. The van der Waals surface area contributed by atoms with Gasteiger partial charge in [0, 0.05) is 6.07 Å². The molecular weight excluding hydrogens is 202 g/mol. The van der Waals surface area contributed by atoms with Crippen LogP contribution in [0.3, 0.4) is 0 Å². The standard InChI is InChI=1S/C8H7F4NO/c1-5(8(10,11)12)14-7-4-2-3-6(9)13-7/h2-5H,1H3. The molecule has 0 radical (unpaired) electrons. The number of alkyl halides is 3. The van der Waals surface area contributed by atoms with Crippen LogP contribution in [0.15, 0.2) is 18.2 Å². The number of aromatic nitrogens is 1. The van der Waals surface area contributed by atoms with E-state index in [4.69, 9.17) is 0 Å². The molecule has 0 saturated carbocycles. The molecule has 1 heterocycles. The van der Waals surface area contributed by atoms with Crippen LogP contribution in [0, 0.1) is 5.95 Å². The van der Waals surface area contributed by atoms with Gasteiger partial charge in [-0.3, -0.25) is 0 Å². The van der Waals surface area contributed by atoms with E-state index >= 15 is 0 Å². The predicted molar refractivity (Wildman–Crippen MR) is 40.3 cm³/mol. The van der Waals surface area contributed by atoms with Crippen LogP contribution in [-0.2, 0) is 0 Å². The lowest BCUT2D eigenvalue weighted by atomic mass is 10.4. The Labute approximate surface area is 77.5 Å². The minimum Gasteiger partial charge on any atom is -0.465 e. The van der Waals surface area contributed by atoms with Crippen LogP contribution in [0.2, 0.25) is 0 Å². The summed E-state index contributed by atoms with van der Waals surface area (Å²) in [5.74, 6) is -1.26. The second-order valence-corrected chi connectivity index (χ2v) is 2.60. The fourth-order valence-electron chi connectivity index (χ4n) is 0.703. The minimum atomic E-state index is -4.48. The second-order valence-electron chi connectivity index (χ2n) is 2.60. The molecule has 0 aromatic carbocycles. The third-order valence-corrected chi connectivity index (χ3v) is 1.45. The van der Waals surface area contributed by atoms with Gasteiger partial charge in [0.15, 0.2) is 6.10 Å². The van der Waals surface area contributed by atoms with Gasteiger partial charge in [-0.1, -0.05) is 6.07 Å². The highest BCUT2D eigenvalue weighted by Crippen LogP contribution is 2.23. The Morgan fingerprint density at radius 1 is 1.36 bits per heavy atom. The molecule has 0 amide bonds. The number of halogens is 4. The molecule has 0 N–H and O–H groups in total. The van der Waals surface area contributed by atoms with Crippen molar-refractivity contribution in [2.45, 2.75) is 19.2 Å². The van der Waals surface area contributed by atoms with Gasteiger partial charge in [-0.15, -0.1) is 0 Å². The maximum Gasteiger partial charge on any atom is 0.425 e. The van der Waals surface area contributed by atoms with E-state index in [2.05, 4.69) is 9.72 Å². The molecule has 0 aliphatic heterocycles. The van der Waals surface area contributed by atoms with E-state index in [1.807, 2.05) is 0 Å². The van der Waals surface area contributed by atoms with Crippen molar-refractivity contribution in [3.63, 3.8) is 0 Å². The maximum absolute atomic E-state index is 12.4. The first-order valence-electron chi connectivity index (χ1n) is 3.75. The van der Waals surface area contributed by atoms with E-state index in [-0.39, 0.29) is 5.88 Å². The van der Waals surface area contributed by atoms with Gasteiger partial charge >= 0.3 is 6.18 Å². The number of ether oxygens (including phenoxy) is 1. The van der Waals surface area contributed by atoms with Crippen LogP contribution >= 0.6 is 0 Å². The van der Waals surface area contributed by atoms with E-state index in [1.165, 1.54) is 6.07 Å². The van der Waals surface area contributed by atoms with Crippen molar-refractivity contribution in [1.29, 1.82) is 0 Å². The van der Waals surface area contributed by atoms with Crippen LogP contribution in [0.1, 0.15) is 6.92 Å². The van der Waals surface area contributed by atoms with Crippen molar-refractivity contribution in [2.75, 3.05) is 0 Å². The van der Waals surface area contributed by atoms with Crippen molar-refractivity contribution >= 4 is 0 Å². The summed E-state index contributed by atoms with van der Waals surface area (Å²) in [6.07, 6.45) is -6.48. The molecule has 14 heavy (non-hydrogen) atoms. The molecule has 1 aromatic rings. The van der Waals surface area contributed by atoms with E-state index in [9.17, 15) is 17.6 Å². The molecule has 1 aromatic heterocycles. The molecule has 0 aliphatic carbocycles. The average molecular weight is 209 g/mol. The first kappa shape index (κ1) is 10.7. The van der Waals surface area contributed by atoms with E-state index in [0.29, 0.717) is 0 Å². The van der Waals surface area contributed by atoms with E-state index in [0.717, 1.165) is 19.1 Å². The largest absolute Gasteiger partial charge is 0.465 e. The van der Waals surface area contributed by atoms with Crippen molar-refractivity contribution in [3.05, 3.63) is 24.1 Å². The molecule has 1 atom stereocenters. The highest BCUT2D eigenvalue weighted by Gasteiger charge is 2.38. The van der Waals surface area contributed by atoms with Gasteiger partial charge in [-0.2, -0.15) is 22.5 Å². The monoisotopic (exact) mass is 209 g/mol. The van der Waals surface area contributed by atoms with Gasteiger partial charge in [0.05, 0.1) is 0 Å². The Balaban J connectivity index is 2.70. The van der Waals surface area contributed by atoms with Crippen molar-refractivity contribution in [3.8, 4) is 5.88 Å². The lowest BCUT2D eigenvalue weighted by molar-refractivity contribution is -0.190. The summed E-state index contributed by atoms with van der Waals surface area (Å²) in [6.45, 7) is 0.826. The minimum absolute atomic E-state index is 0.380. The third-order valence-electron chi connectivity index (χ3n) is 1.45. The third kappa shape index (κ3) is 2.86. The summed E-state index contributed by atoms with van der Waals surface area (Å²) in [5.41, 5.74) is 0. The van der Waals surface area contributed by atoms with E-state index < -0.39 is 18.2 Å². The number of rotatable bonds is 2. The van der Waals surface area contributed by atoms with Crippen molar-refractivity contribution in [1.82, 2.24) is 4.98 Å². The van der Waals surface area contributed by atoms with Gasteiger partial charge in [0.2, 0.25) is 11.8 Å². The maximum atomic E-state index is 12.4. The van der Waals surface area contributed by atoms with Crippen molar-refractivity contribution < 1.29 is 22.3 Å². The Bertz CT molecular complexity index is 312. The molecular formula is C8H7F4NO. The lowest BCUT2D eigenvalue weighted by Gasteiger charge is -2.16. The second kappa shape index (κ2) is 3.81. The summed E-state index contributed by atoms with van der Waals surface area (Å²) < 4.78 is 52.8. The van der Waals surface area contributed by atoms with Crippen LogP contribution < -0.4 is 4.74 Å². The molecule has 2 nitrogen and oxygen atoms in total. The zero-order valence-electron chi connectivity index (χ0n) is 7.18. The highest BCUT2D eigenvalue weighted by molar-refractivity contribution is 5.10. The number of hydrogen-bond donors (Lipinski definition) is 0. The smallest absolute Gasteiger partial charge is 0.425 e. The van der Waals surface area contributed by atoms with E-state index in [1.54, 1.807) is 0 Å². The fourth-order valence-corrected chi connectivity index (χ4v) is 0.703. The van der Waals surface area contributed by atoms with Gasteiger partial charge in [-0.05, 0) is 13.0 Å². The molecule has 1 unspecified atom stereocenters. The molecule has 0 fully saturated rings. The lowest BCUT2D eigenvalue weighted by Crippen LogP contribution is -2.31. The van der Waals surface area contributed by atoms with Crippen LogP contribution in [0.25, 0.3) is 0 Å². The summed E-state index contributed by atoms with van der Waals surface area (Å²) in [6, 6.07) is 3.40. The molecule has 6 heteroatoms. The first-order chi connectivity index (χ1) is 6.39. The van der Waals surface area contributed by atoms with Gasteiger partial charge in [0.1, 0.15) is 0 Å². The molecule has 1 rings (SSSR count). The van der Waals surface area contributed by atoms with Crippen molar-refractivity contribution in [2.24, 2.45) is 0 Å². The number of nitrogens with zero attached hydrogens (tertiary/aromatic N) is 1. The molecule has 0 spiro atoms. The fraction of sp³-hybridized carbons (Fsp3) is 0.375. The normalized spacial score (nSPS) is 13.8. The molecule has 0 saturated heterocycles. The molecule has 0 bridgehead atoms. The quantitative estimate of drug-likeness (QED) is 0.551.